The molecule has 0 aromatic heterocycles. The van der Waals surface area contributed by atoms with Crippen molar-refractivity contribution in [1.29, 1.82) is 0 Å². The zero-order valence-electron chi connectivity index (χ0n) is 10.9. The van der Waals surface area contributed by atoms with Crippen molar-refractivity contribution in [1.82, 2.24) is 0 Å². The highest BCUT2D eigenvalue weighted by Crippen LogP contribution is 2.18. The SMILES string of the molecule is Cc1ccc(F)cc1NC(=O)/C=C/c1ccccc1Br. The second kappa shape index (κ2) is 6.48. The van der Waals surface area contributed by atoms with Gasteiger partial charge in [-0.1, -0.05) is 40.2 Å². The maximum Gasteiger partial charge on any atom is 0.248 e. The highest BCUT2D eigenvalue weighted by molar-refractivity contribution is 9.10. The van der Waals surface area contributed by atoms with Gasteiger partial charge in [-0.05, 0) is 42.3 Å². The van der Waals surface area contributed by atoms with Gasteiger partial charge in [0.1, 0.15) is 5.82 Å². The van der Waals surface area contributed by atoms with Crippen LogP contribution in [0.25, 0.3) is 6.08 Å². The fourth-order valence-electron chi connectivity index (χ4n) is 1.68. The van der Waals surface area contributed by atoms with Gasteiger partial charge in [-0.15, -0.1) is 0 Å². The Morgan fingerprint density at radius 3 is 2.75 bits per heavy atom. The number of nitrogens with one attached hydrogen (secondary N) is 1. The molecular weight excluding hydrogens is 321 g/mol. The molecule has 0 aliphatic carbocycles. The summed E-state index contributed by atoms with van der Waals surface area (Å²) in [6.45, 7) is 1.81. The van der Waals surface area contributed by atoms with E-state index < -0.39 is 0 Å². The molecule has 0 fully saturated rings. The molecule has 0 heterocycles. The van der Waals surface area contributed by atoms with Crippen molar-refractivity contribution in [3.05, 3.63) is 70.0 Å². The van der Waals surface area contributed by atoms with E-state index in [1.807, 2.05) is 31.2 Å². The predicted molar refractivity (Wildman–Crippen MR) is 82.9 cm³/mol. The summed E-state index contributed by atoms with van der Waals surface area (Å²) in [5.41, 5.74) is 2.19. The zero-order chi connectivity index (χ0) is 14.5. The van der Waals surface area contributed by atoms with Crippen LogP contribution in [0.1, 0.15) is 11.1 Å². The molecule has 1 amide bonds. The molecule has 0 atom stereocenters. The topological polar surface area (TPSA) is 29.1 Å². The zero-order valence-corrected chi connectivity index (χ0v) is 12.4. The average molecular weight is 334 g/mol. The summed E-state index contributed by atoms with van der Waals surface area (Å²) in [5, 5.41) is 2.66. The molecular formula is C16H13BrFNO. The van der Waals surface area contributed by atoms with Gasteiger partial charge < -0.3 is 5.32 Å². The van der Waals surface area contributed by atoms with Crippen LogP contribution in [-0.4, -0.2) is 5.91 Å². The molecule has 0 aliphatic rings. The fourth-order valence-corrected chi connectivity index (χ4v) is 2.10. The molecule has 0 spiro atoms. The number of carbonyl (C=O) groups excluding carboxylic acids is 1. The van der Waals surface area contributed by atoms with E-state index in [-0.39, 0.29) is 11.7 Å². The number of halogens is 2. The molecule has 2 aromatic rings. The van der Waals surface area contributed by atoms with Crippen molar-refractivity contribution in [2.75, 3.05) is 5.32 Å². The molecule has 0 saturated heterocycles. The molecule has 0 radical (unpaired) electrons. The summed E-state index contributed by atoms with van der Waals surface area (Å²) in [6, 6.07) is 11.9. The Morgan fingerprint density at radius 1 is 1.25 bits per heavy atom. The molecule has 2 aromatic carbocycles. The normalized spacial score (nSPS) is 10.8. The van der Waals surface area contributed by atoms with Gasteiger partial charge in [0.15, 0.2) is 0 Å². The lowest BCUT2D eigenvalue weighted by molar-refractivity contribution is -0.111. The van der Waals surface area contributed by atoms with E-state index in [0.717, 1.165) is 15.6 Å². The molecule has 2 rings (SSSR count). The van der Waals surface area contributed by atoms with Crippen LogP contribution in [0.4, 0.5) is 10.1 Å². The molecule has 4 heteroatoms. The van der Waals surface area contributed by atoms with E-state index in [1.165, 1.54) is 18.2 Å². The summed E-state index contributed by atoms with van der Waals surface area (Å²) in [5.74, 6) is -0.671. The van der Waals surface area contributed by atoms with Crippen molar-refractivity contribution in [2.24, 2.45) is 0 Å². The summed E-state index contributed by atoms with van der Waals surface area (Å²) < 4.78 is 14.0. The number of anilines is 1. The Bertz CT molecular complexity index is 667. The average Bonchev–Trinajstić information content (AvgIpc) is 2.42. The summed E-state index contributed by atoms with van der Waals surface area (Å²) in [7, 11) is 0. The third-order valence-electron chi connectivity index (χ3n) is 2.78. The fraction of sp³-hybridized carbons (Fsp3) is 0.0625. The van der Waals surface area contributed by atoms with Crippen LogP contribution in [-0.2, 0) is 4.79 Å². The van der Waals surface area contributed by atoms with E-state index in [9.17, 15) is 9.18 Å². The van der Waals surface area contributed by atoms with Gasteiger partial charge in [-0.3, -0.25) is 4.79 Å². The number of hydrogen-bond donors (Lipinski definition) is 1. The first-order valence-corrected chi connectivity index (χ1v) is 6.85. The molecule has 0 aliphatic heterocycles. The quantitative estimate of drug-likeness (QED) is 0.820. The number of rotatable bonds is 3. The van der Waals surface area contributed by atoms with Crippen molar-refractivity contribution in [3.63, 3.8) is 0 Å². The monoisotopic (exact) mass is 333 g/mol. The number of benzene rings is 2. The van der Waals surface area contributed by atoms with E-state index in [2.05, 4.69) is 21.2 Å². The molecule has 2 nitrogen and oxygen atoms in total. The molecule has 20 heavy (non-hydrogen) atoms. The van der Waals surface area contributed by atoms with Gasteiger partial charge in [-0.25, -0.2) is 4.39 Å². The second-order valence-corrected chi connectivity index (χ2v) is 5.16. The minimum atomic E-state index is -0.374. The minimum Gasteiger partial charge on any atom is -0.322 e. The van der Waals surface area contributed by atoms with Crippen LogP contribution in [0.3, 0.4) is 0 Å². The van der Waals surface area contributed by atoms with E-state index in [4.69, 9.17) is 0 Å². The van der Waals surface area contributed by atoms with Crippen LogP contribution in [0.15, 0.2) is 53.0 Å². The first-order chi connectivity index (χ1) is 9.56. The van der Waals surface area contributed by atoms with E-state index in [1.54, 1.807) is 12.1 Å². The molecule has 1 N–H and O–H groups in total. The smallest absolute Gasteiger partial charge is 0.248 e. The number of amides is 1. The lowest BCUT2D eigenvalue weighted by Gasteiger charge is -2.06. The number of aryl methyl sites for hydroxylation is 1. The maximum atomic E-state index is 13.1. The largest absolute Gasteiger partial charge is 0.322 e. The first-order valence-electron chi connectivity index (χ1n) is 6.06. The van der Waals surface area contributed by atoms with Crippen molar-refractivity contribution in [2.45, 2.75) is 6.92 Å². The highest BCUT2D eigenvalue weighted by Gasteiger charge is 2.03. The molecule has 102 valence electrons. The second-order valence-electron chi connectivity index (χ2n) is 4.30. The first kappa shape index (κ1) is 14.5. The highest BCUT2D eigenvalue weighted by atomic mass is 79.9. The van der Waals surface area contributed by atoms with E-state index >= 15 is 0 Å². The van der Waals surface area contributed by atoms with Gasteiger partial charge in [0.2, 0.25) is 5.91 Å². The van der Waals surface area contributed by atoms with Crippen LogP contribution < -0.4 is 5.32 Å². The van der Waals surface area contributed by atoms with Crippen LogP contribution >= 0.6 is 15.9 Å². The van der Waals surface area contributed by atoms with Gasteiger partial charge in [0.25, 0.3) is 0 Å². The number of hydrogen-bond acceptors (Lipinski definition) is 1. The van der Waals surface area contributed by atoms with Gasteiger partial charge in [0.05, 0.1) is 0 Å². The Kier molecular flexibility index (Phi) is 4.69. The third kappa shape index (κ3) is 3.78. The summed E-state index contributed by atoms with van der Waals surface area (Å²) in [4.78, 5) is 11.8. The van der Waals surface area contributed by atoms with Crippen LogP contribution in [0.5, 0.6) is 0 Å². The molecule has 0 bridgehead atoms. The Labute approximate surface area is 125 Å². The Balaban J connectivity index is 2.10. The van der Waals surface area contributed by atoms with Gasteiger partial charge in [-0.2, -0.15) is 0 Å². The molecule has 0 saturated carbocycles. The number of carbonyl (C=O) groups is 1. The summed E-state index contributed by atoms with van der Waals surface area (Å²) >= 11 is 3.40. The predicted octanol–water partition coefficient (Wildman–Crippen LogP) is 4.55. The Hall–Kier alpha value is -1.94. The maximum absolute atomic E-state index is 13.1. The van der Waals surface area contributed by atoms with Gasteiger partial charge >= 0.3 is 0 Å². The van der Waals surface area contributed by atoms with Crippen molar-refractivity contribution < 1.29 is 9.18 Å². The minimum absolute atomic E-state index is 0.297. The van der Waals surface area contributed by atoms with Crippen molar-refractivity contribution >= 4 is 33.6 Å². The summed E-state index contributed by atoms with van der Waals surface area (Å²) in [6.07, 6.45) is 3.12. The lowest BCUT2D eigenvalue weighted by Crippen LogP contribution is -2.09. The van der Waals surface area contributed by atoms with Crippen LogP contribution in [0.2, 0.25) is 0 Å². The standard InChI is InChI=1S/C16H13BrFNO/c1-11-6-8-13(18)10-15(11)19-16(20)9-7-12-4-2-3-5-14(12)17/h2-10H,1H3,(H,19,20)/b9-7+. The van der Waals surface area contributed by atoms with Gasteiger partial charge in [0, 0.05) is 16.2 Å². The molecule has 0 unspecified atom stereocenters. The van der Waals surface area contributed by atoms with E-state index in [0.29, 0.717) is 5.69 Å². The Morgan fingerprint density at radius 2 is 2.00 bits per heavy atom. The van der Waals surface area contributed by atoms with Crippen molar-refractivity contribution in [3.8, 4) is 0 Å². The van der Waals surface area contributed by atoms with Crippen LogP contribution in [0, 0.1) is 12.7 Å². The third-order valence-corrected chi connectivity index (χ3v) is 3.50. The lowest BCUT2D eigenvalue weighted by atomic mass is 10.2.